The molecule has 2 fully saturated rings. The van der Waals surface area contributed by atoms with E-state index in [0.29, 0.717) is 5.17 Å². The number of benzene rings is 2. The number of thioether (sulfide) groups is 1. The van der Waals surface area contributed by atoms with E-state index in [-0.39, 0.29) is 29.2 Å². The van der Waals surface area contributed by atoms with Gasteiger partial charge in [-0.3, -0.25) is 4.79 Å². The highest BCUT2D eigenvalue weighted by Crippen LogP contribution is 2.43. The number of nitrogens with zero attached hydrogens (tertiary/aromatic N) is 2. The van der Waals surface area contributed by atoms with Gasteiger partial charge in [0.2, 0.25) is 0 Å². The van der Waals surface area contributed by atoms with Gasteiger partial charge in [-0.1, -0.05) is 58.0 Å². The third kappa shape index (κ3) is 6.79. The smallest absolute Gasteiger partial charge is 0.408 e. The number of amidine groups is 1. The largest absolute Gasteiger partial charge is 0.444 e. The fraction of sp³-hybridized carbons (Fsp3) is 0.444. The van der Waals surface area contributed by atoms with Gasteiger partial charge in [-0.2, -0.15) is 4.99 Å². The third-order valence-electron chi connectivity index (χ3n) is 6.24. The molecule has 4 rings (SSSR count). The summed E-state index contributed by atoms with van der Waals surface area (Å²) in [4.78, 5) is 32.7. The van der Waals surface area contributed by atoms with Crippen molar-refractivity contribution in [1.29, 1.82) is 0 Å². The number of ether oxygens (including phenoxy) is 1. The van der Waals surface area contributed by atoms with Gasteiger partial charge in [0, 0.05) is 21.8 Å². The van der Waals surface area contributed by atoms with E-state index < -0.39 is 33.5 Å². The molecule has 2 saturated heterocycles. The maximum Gasteiger partial charge on any atom is 0.408 e. The lowest BCUT2D eigenvalue weighted by Gasteiger charge is -2.28. The van der Waals surface area contributed by atoms with Crippen molar-refractivity contribution in [3.63, 3.8) is 0 Å². The first-order valence-electron chi connectivity index (χ1n) is 12.3. The van der Waals surface area contributed by atoms with E-state index in [2.05, 4.69) is 26.2 Å². The molecule has 0 aliphatic carbocycles. The number of nitrogens with one attached hydrogen (secondary N) is 1. The van der Waals surface area contributed by atoms with Crippen molar-refractivity contribution in [2.75, 3.05) is 16.4 Å². The summed E-state index contributed by atoms with van der Waals surface area (Å²) < 4.78 is 31.3. The molecule has 2 aromatic rings. The van der Waals surface area contributed by atoms with Crippen LogP contribution in [-0.2, 0) is 25.8 Å². The monoisotopic (exact) mass is 621 g/mol. The van der Waals surface area contributed by atoms with Crippen molar-refractivity contribution in [3.8, 4) is 0 Å². The molecule has 0 bridgehead atoms. The number of amides is 2. The maximum atomic E-state index is 13.6. The number of carbonyl (C=O) groups is 2. The Morgan fingerprint density at radius 1 is 1.16 bits per heavy atom. The number of sulfone groups is 1. The molecule has 2 heterocycles. The van der Waals surface area contributed by atoms with Crippen LogP contribution in [0.5, 0.6) is 0 Å². The van der Waals surface area contributed by atoms with Crippen LogP contribution >= 0.6 is 27.7 Å². The summed E-state index contributed by atoms with van der Waals surface area (Å²) >= 11 is 4.83. The molecular formula is C27H32BrN3O5S2. The van der Waals surface area contributed by atoms with Gasteiger partial charge in [-0.25, -0.2) is 13.2 Å². The number of aliphatic imine (C=N–C) groups is 1. The molecule has 11 heteroatoms. The first-order valence-corrected chi connectivity index (χ1v) is 15.8. The number of rotatable bonds is 5. The number of carbonyl (C=O) groups excluding carboxylic acids is 2. The molecule has 8 nitrogen and oxygen atoms in total. The Balaban J connectivity index is 1.70. The van der Waals surface area contributed by atoms with E-state index in [1.54, 1.807) is 20.8 Å². The minimum Gasteiger partial charge on any atom is -0.444 e. The Bertz CT molecular complexity index is 1350. The molecule has 2 aliphatic heterocycles. The topological polar surface area (TPSA) is 105 Å². The molecule has 3 atom stereocenters. The van der Waals surface area contributed by atoms with Crippen LogP contribution in [0, 0.1) is 13.8 Å². The second-order valence-electron chi connectivity index (χ2n) is 10.7. The minimum atomic E-state index is -3.21. The lowest BCUT2D eigenvalue weighted by atomic mass is 10.1. The summed E-state index contributed by atoms with van der Waals surface area (Å²) in [7, 11) is -3.21. The third-order valence-corrected chi connectivity index (χ3v) is 9.91. The normalized spacial score (nSPS) is 22.3. The van der Waals surface area contributed by atoms with E-state index in [1.165, 1.54) is 11.8 Å². The number of alkyl carbamates (subject to hydrolysis) is 1. The lowest BCUT2D eigenvalue weighted by molar-refractivity contribution is -0.119. The molecule has 204 valence electrons. The van der Waals surface area contributed by atoms with Gasteiger partial charge >= 0.3 is 6.09 Å². The summed E-state index contributed by atoms with van der Waals surface area (Å²) in [6.45, 7) is 9.17. The average molecular weight is 623 g/mol. The molecule has 0 radical (unpaired) electrons. The Labute approximate surface area is 236 Å². The Kier molecular flexibility index (Phi) is 8.30. The van der Waals surface area contributed by atoms with Crippen molar-refractivity contribution in [1.82, 2.24) is 5.32 Å². The average Bonchev–Trinajstić information content (AvgIpc) is 3.23. The van der Waals surface area contributed by atoms with E-state index in [0.717, 1.165) is 26.9 Å². The highest BCUT2D eigenvalue weighted by Gasteiger charge is 2.50. The predicted molar refractivity (Wildman–Crippen MR) is 156 cm³/mol. The second kappa shape index (κ2) is 11.0. The van der Waals surface area contributed by atoms with Gasteiger partial charge in [-0.05, 0) is 63.4 Å². The van der Waals surface area contributed by atoms with Crippen LogP contribution in [0.15, 0.2) is 51.9 Å². The first kappa shape index (κ1) is 28.6. The highest BCUT2D eigenvalue weighted by molar-refractivity contribution is 9.10. The first-order chi connectivity index (χ1) is 17.7. The van der Waals surface area contributed by atoms with E-state index in [4.69, 9.17) is 4.74 Å². The SMILES string of the molecule is Cc1cc(Br)cc(C)c1N1C(=NC(=O)[C@@H](Cc2ccccc2)NC(=O)OC(C)(C)C)S[C@@H]2CS(=O)(=O)C[C@@H]21. The quantitative estimate of drug-likeness (QED) is 0.511. The summed E-state index contributed by atoms with van der Waals surface area (Å²) in [5.41, 5.74) is 2.86. The summed E-state index contributed by atoms with van der Waals surface area (Å²) in [6.07, 6.45) is -0.469. The van der Waals surface area contributed by atoms with Gasteiger partial charge in [0.05, 0.1) is 17.5 Å². The molecule has 2 aromatic carbocycles. The van der Waals surface area contributed by atoms with Crippen LogP contribution in [0.2, 0.25) is 0 Å². The Morgan fingerprint density at radius 3 is 2.39 bits per heavy atom. The standard InChI is InChI=1S/C27H32BrN3O5S2/c1-16-11-19(28)12-17(2)23(16)31-21-14-38(34,35)15-22(21)37-25(31)30-24(32)20(13-18-9-7-6-8-10-18)29-26(33)36-27(3,4)5/h6-12,20-22H,13-15H2,1-5H3,(H,29,33)/t20-,21+,22-/m1/s1. The summed E-state index contributed by atoms with van der Waals surface area (Å²) in [5, 5.41) is 2.90. The van der Waals surface area contributed by atoms with Gasteiger partial charge in [0.25, 0.3) is 5.91 Å². The van der Waals surface area contributed by atoms with Gasteiger partial charge in [-0.15, -0.1) is 0 Å². The Hall–Kier alpha value is -2.37. The van der Waals surface area contributed by atoms with Crippen molar-refractivity contribution < 1.29 is 22.7 Å². The number of hydrogen-bond acceptors (Lipinski definition) is 6. The number of hydrogen-bond donors (Lipinski definition) is 1. The van der Waals surface area contributed by atoms with Crippen molar-refractivity contribution in [2.45, 2.75) is 64.0 Å². The Morgan fingerprint density at radius 2 is 1.79 bits per heavy atom. The van der Waals surface area contributed by atoms with Crippen LogP contribution in [-0.4, -0.2) is 60.0 Å². The van der Waals surface area contributed by atoms with Crippen molar-refractivity contribution >= 4 is 60.4 Å². The number of anilines is 1. The van der Waals surface area contributed by atoms with E-state index >= 15 is 0 Å². The molecule has 1 N–H and O–H groups in total. The molecule has 2 aliphatic rings. The van der Waals surface area contributed by atoms with Gasteiger partial charge in [0.1, 0.15) is 11.6 Å². The van der Waals surface area contributed by atoms with Gasteiger partial charge < -0.3 is 15.0 Å². The van der Waals surface area contributed by atoms with Gasteiger partial charge in [0.15, 0.2) is 15.0 Å². The fourth-order valence-corrected chi connectivity index (χ4v) is 9.37. The predicted octanol–water partition coefficient (Wildman–Crippen LogP) is 4.80. The van der Waals surface area contributed by atoms with Crippen molar-refractivity contribution in [3.05, 3.63) is 63.6 Å². The second-order valence-corrected chi connectivity index (χ2v) is 15.0. The number of aryl methyl sites for hydroxylation is 2. The molecule has 0 unspecified atom stereocenters. The zero-order chi connectivity index (χ0) is 27.8. The molecule has 38 heavy (non-hydrogen) atoms. The molecular weight excluding hydrogens is 590 g/mol. The zero-order valence-corrected chi connectivity index (χ0v) is 25.2. The number of fused-ring (bicyclic) bond motifs is 1. The van der Waals surface area contributed by atoms with Crippen molar-refractivity contribution in [2.24, 2.45) is 4.99 Å². The summed E-state index contributed by atoms with van der Waals surface area (Å²) in [6, 6.07) is 12.0. The molecule has 0 aromatic heterocycles. The van der Waals surface area contributed by atoms with Crippen LogP contribution in [0.25, 0.3) is 0 Å². The maximum absolute atomic E-state index is 13.6. The van der Waals surface area contributed by atoms with Crippen LogP contribution in [0.1, 0.15) is 37.5 Å². The van der Waals surface area contributed by atoms with Crippen LogP contribution < -0.4 is 10.2 Å². The zero-order valence-electron chi connectivity index (χ0n) is 22.0. The fourth-order valence-electron chi connectivity index (χ4n) is 4.78. The minimum absolute atomic E-state index is 0.00355. The lowest BCUT2D eigenvalue weighted by Crippen LogP contribution is -2.45. The highest BCUT2D eigenvalue weighted by atomic mass is 79.9. The molecule has 2 amide bonds. The van der Waals surface area contributed by atoms with E-state index in [1.807, 2.05) is 61.2 Å². The number of halogens is 1. The van der Waals surface area contributed by atoms with Crippen LogP contribution in [0.3, 0.4) is 0 Å². The summed E-state index contributed by atoms with van der Waals surface area (Å²) in [5.74, 6) is -0.497. The molecule has 0 spiro atoms. The van der Waals surface area contributed by atoms with E-state index in [9.17, 15) is 18.0 Å². The molecule has 0 saturated carbocycles. The van der Waals surface area contributed by atoms with Crippen LogP contribution in [0.4, 0.5) is 10.5 Å².